The highest BCUT2D eigenvalue weighted by molar-refractivity contribution is 5.67. The van der Waals surface area contributed by atoms with E-state index in [-0.39, 0.29) is 12.8 Å². The van der Waals surface area contributed by atoms with E-state index in [4.69, 9.17) is 10.6 Å². The third-order valence-corrected chi connectivity index (χ3v) is 2.28. The van der Waals surface area contributed by atoms with E-state index in [0.717, 1.165) is 5.56 Å². The number of nitrogens with zero attached hydrogens (tertiary/aromatic N) is 3. The Morgan fingerprint density at radius 3 is 2.59 bits per heavy atom. The summed E-state index contributed by atoms with van der Waals surface area (Å²) in [6.45, 7) is 0. The lowest BCUT2D eigenvalue weighted by Gasteiger charge is -2.14. The zero-order valence-corrected chi connectivity index (χ0v) is 9.10. The number of carboxylic acid groups (broad SMARTS) is 1. The first-order chi connectivity index (χ1) is 8.13. The number of hydrogen-bond donors (Lipinski definition) is 2. The van der Waals surface area contributed by atoms with Gasteiger partial charge in [0.05, 0.1) is 18.6 Å². The Labute approximate surface area is 98.1 Å². The quantitative estimate of drug-likeness (QED) is 0.448. The van der Waals surface area contributed by atoms with Crippen LogP contribution in [0.5, 0.6) is 0 Å². The fourth-order valence-corrected chi connectivity index (χ4v) is 1.53. The molecule has 17 heavy (non-hydrogen) atoms. The molecule has 0 amide bonds. The Balaban J connectivity index is 2.74. The summed E-state index contributed by atoms with van der Waals surface area (Å²) in [5.74, 6) is -1.08. The highest BCUT2D eigenvalue weighted by Gasteiger charge is 2.17. The van der Waals surface area contributed by atoms with E-state index in [9.17, 15) is 9.90 Å². The summed E-state index contributed by atoms with van der Waals surface area (Å²) in [4.78, 5) is 13.1. The minimum atomic E-state index is -1.08. The van der Waals surface area contributed by atoms with E-state index in [0.29, 0.717) is 0 Å². The van der Waals surface area contributed by atoms with Crippen LogP contribution in [-0.2, 0) is 4.79 Å². The highest BCUT2D eigenvalue weighted by atomic mass is 16.4. The smallest absolute Gasteiger partial charge is 0.305 e. The summed E-state index contributed by atoms with van der Waals surface area (Å²) >= 11 is 0. The zero-order chi connectivity index (χ0) is 12.7. The Hall–Kier alpha value is -2.04. The maximum Gasteiger partial charge on any atom is 0.305 e. The molecule has 0 aliphatic rings. The Morgan fingerprint density at radius 1 is 1.41 bits per heavy atom. The summed E-state index contributed by atoms with van der Waals surface area (Å²) in [6.07, 6.45) is -1.28. The van der Waals surface area contributed by atoms with Crippen LogP contribution in [0.15, 0.2) is 35.4 Å². The third-order valence-electron chi connectivity index (χ3n) is 2.28. The molecule has 90 valence electrons. The largest absolute Gasteiger partial charge is 0.481 e. The average molecular weight is 235 g/mol. The number of rotatable bonds is 6. The molecule has 0 saturated heterocycles. The van der Waals surface area contributed by atoms with Crippen molar-refractivity contribution >= 4 is 5.97 Å². The van der Waals surface area contributed by atoms with Crippen molar-refractivity contribution in [1.29, 1.82) is 0 Å². The molecule has 0 aliphatic heterocycles. The topological polar surface area (TPSA) is 106 Å². The van der Waals surface area contributed by atoms with Crippen LogP contribution in [0.25, 0.3) is 10.4 Å². The van der Waals surface area contributed by atoms with Gasteiger partial charge in [0.15, 0.2) is 0 Å². The second kappa shape index (κ2) is 6.52. The van der Waals surface area contributed by atoms with Crippen LogP contribution in [0.3, 0.4) is 0 Å². The van der Waals surface area contributed by atoms with Crippen LogP contribution in [0.2, 0.25) is 0 Å². The number of aliphatic hydroxyl groups is 1. The molecule has 0 aliphatic carbocycles. The molecule has 0 bridgehead atoms. The maximum absolute atomic E-state index is 10.4. The lowest BCUT2D eigenvalue weighted by Crippen LogP contribution is -2.15. The van der Waals surface area contributed by atoms with Gasteiger partial charge in [-0.05, 0) is 17.5 Å². The number of azide groups is 1. The van der Waals surface area contributed by atoms with E-state index in [1.807, 2.05) is 6.07 Å². The van der Waals surface area contributed by atoms with Gasteiger partial charge in [-0.3, -0.25) is 4.79 Å². The Morgan fingerprint density at radius 2 is 2.06 bits per heavy atom. The fraction of sp³-hybridized carbons (Fsp3) is 0.364. The standard InChI is InChI=1S/C11H13N3O3/c12-14-13-10(6-9(15)7-11(16)17)8-4-2-1-3-5-8/h1-5,9-10,15H,6-7H2,(H,16,17)/t9-,10-/m0/s1. The molecule has 0 unspecified atom stereocenters. The molecule has 1 aromatic carbocycles. The summed E-state index contributed by atoms with van der Waals surface area (Å²) in [5, 5.41) is 21.6. The van der Waals surface area contributed by atoms with E-state index in [2.05, 4.69) is 10.0 Å². The number of aliphatic carboxylic acids is 1. The monoisotopic (exact) mass is 235 g/mol. The summed E-state index contributed by atoms with van der Waals surface area (Å²) in [6, 6.07) is 8.40. The second-order valence-electron chi connectivity index (χ2n) is 3.62. The molecule has 0 spiro atoms. The lowest BCUT2D eigenvalue weighted by atomic mass is 10.00. The van der Waals surface area contributed by atoms with Gasteiger partial charge in [-0.2, -0.15) is 0 Å². The number of carbonyl (C=O) groups is 1. The van der Waals surface area contributed by atoms with Gasteiger partial charge >= 0.3 is 5.97 Å². The molecular weight excluding hydrogens is 222 g/mol. The predicted octanol–water partition coefficient (Wildman–Crippen LogP) is 2.26. The molecule has 2 atom stereocenters. The van der Waals surface area contributed by atoms with Crippen LogP contribution >= 0.6 is 0 Å². The third kappa shape index (κ3) is 4.55. The lowest BCUT2D eigenvalue weighted by molar-refractivity contribution is -0.139. The Kier molecular flexibility index (Phi) is 5.00. The van der Waals surface area contributed by atoms with Gasteiger partial charge in [-0.15, -0.1) is 0 Å². The second-order valence-corrected chi connectivity index (χ2v) is 3.62. The van der Waals surface area contributed by atoms with Crippen molar-refractivity contribution in [2.24, 2.45) is 5.11 Å². The van der Waals surface area contributed by atoms with Crippen LogP contribution < -0.4 is 0 Å². The van der Waals surface area contributed by atoms with E-state index < -0.39 is 18.1 Å². The molecule has 6 heteroatoms. The molecule has 1 aromatic rings. The summed E-state index contributed by atoms with van der Waals surface area (Å²) in [7, 11) is 0. The number of aliphatic hydroxyl groups excluding tert-OH is 1. The number of carboxylic acids is 1. The fourth-order valence-electron chi connectivity index (χ4n) is 1.53. The molecular formula is C11H13N3O3. The van der Waals surface area contributed by atoms with E-state index >= 15 is 0 Å². The van der Waals surface area contributed by atoms with E-state index in [1.165, 1.54) is 0 Å². The van der Waals surface area contributed by atoms with Crippen LogP contribution in [0.1, 0.15) is 24.4 Å². The van der Waals surface area contributed by atoms with Crippen LogP contribution in [-0.4, -0.2) is 22.3 Å². The summed E-state index contributed by atoms with van der Waals surface area (Å²) in [5.41, 5.74) is 9.21. The van der Waals surface area contributed by atoms with E-state index in [1.54, 1.807) is 24.3 Å². The highest BCUT2D eigenvalue weighted by Crippen LogP contribution is 2.23. The van der Waals surface area contributed by atoms with Crippen LogP contribution in [0, 0.1) is 0 Å². The molecule has 0 aromatic heterocycles. The van der Waals surface area contributed by atoms with Gasteiger partial charge in [-0.1, -0.05) is 35.4 Å². The van der Waals surface area contributed by atoms with Gasteiger partial charge in [0, 0.05) is 4.91 Å². The zero-order valence-electron chi connectivity index (χ0n) is 9.10. The molecule has 1 rings (SSSR count). The number of hydrogen-bond acceptors (Lipinski definition) is 3. The molecule has 0 saturated carbocycles. The molecule has 6 nitrogen and oxygen atoms in total. The van der Waals surface area contributed by atoms with Crippen molar-refractivity contribution in [3.8, 4) is 0 Å². The molecule has 2 N–H and O–H groups in total. The first-order valence-corrected chi connectivity index (χ1v) is 5.12. The predicted molar refractivity (Wildman–Crippen MR) is 61.2 cm³/mol. The van der Waals surface area contributed by atoms with Gasteiger partial charge in [0.1, 0.15) is 0 Å². The SMILES string of the molecule is [N-]=[N+]=N[C@@H](C[C@H](O)CC(=O)O)c1ccccc1. The maximum atomic E-state index is 10.4. The van der Waals surface area contributed by atoms with Crippen molar-refractivity contribution in [3.05, 3.63) is 46.3 Å². The molecule has 0 radical (unpaired) electrons. The Bertz CT molecular complexity index is 415. The average Bonchev–Trinajstić information content (AvgIpc) is 2.28. The minimum Gasteiger partial charge on any atom is -0.481 e. The van der Waals surface area contributed by atoms with Crippen LogP contribution in [0.4, 0.5) is 0 Å². The minimum absolute atomic E-state index is 0.0976. The van der Waals surface area contributed by atoms with Crippen molar-refractivity contribution in [2.75, 3.05) is 0 Å². The van der Waals surface area contributed by atoms with Gasteiger partial charge in [0.25, 0.3) is 0 Å². The van der Waals surface area contributed by atoms with Gasteiger partial charge in [0.2, 0.25) is 0 Å². The number of benzene rings is 1. The van der Waals surface area contributed by atoms with Crippen molar-refractivity contribution < 1.29 is 15.0 Å². The van der Waals surface area contributed by atoms with Gasteiger partial charge in [-0.25, -0.2) is 0 Å². The molecule has 0 heterocycles. The van der Waals surface area contributed by atoms with Crippen molar-refractivity contribution in [3.63, 3.8) is 0 Å². The normalized spacial score (nSPS) is 13.5. The summed E-state index contributed by atoms with van der Waals surface area (Å²) < 4.78 is 0. The first-order valence-electron chi connectivity index (χ1n) is 5.12. The van der Waals surface area contributed by atoms with Gasteiger partial charge < -0.3 is 10.2 Å². The molecule has 0 fully saturated rings. The first kappa shape index (κ1) is 13.0. The van der Waals surface area contributed by atoms with Crippen molar-refractivity contribution in [1.82, 2.24) is 0 Å². The van der Waals surface area contributed by atoms with Crippen molar-refractivity contribution in [2.45, 2.75) is 25.0 Å².